The van der Waals surface area contributed by atoms with Crippen molar-refractivity contribution in [2.24, 2.45) is 0 Å². The minimum Gasteiger partial charge on any atom is -0.496 e. The molecule has 9 nitrogen and oxygen atoms in total. The molecule has 0 bridgehead atoms. The van der Waals surface area contributed by atoms with Crippen LogP contribution < -0.4 is 23.7 Å². The quantitative estimate of drug-likeness (QED) is 0.357. The minimum atomic E-state index is -3.95. The number of aryl methyl sites for hydroxylation is 2. The zero-order valence-electron chi connectivity index (χ0n) is 22.1. The Morgan fingerprint density at radius 3 is 1.95 bits per heavy atom. The van der Waals surface area contributed by atoms with Gasteiger partial charge in [0.05, 0.1) is 50.3 Å². The summed E-state index contributed by atoms with van der Waals surface area (Å²) in [7, 11) is -1.92. The molecule has 0 atom stereocenters. The topological polar surface area (TPSA) is 117 Å². The van der Waals surface area contributed by atoms with Crippen LogP contribution in [0.25, 0.3) is 6.08 Å². The average molecular weight is 562 g/mol. The smallest absolute Gasteiger partial charge is 0.262 e. The van der Waals surface area contributed by atoms with Crippen LogP contribution in [0.5, 0.6) is 23.0 Å². The van der Waals surface area contributed by atoms with Crippen LogP contribution in [0.4, 0.5) is 5.69 Å². The third-order valence-electron chi connectivity index (χ3n) is 5.69. The van der Waals surface area contributed by atoms with E-state index in [1.54, 1.807) is 37.3 Å². The molecule has 0 saturated heterocycles. The van der Waals surface area contributed by atoms with Crippen molar-refractivity contribution in [3.05, 3.63) is 76.2 Å². The highest BCUT2D eigenvalue weighted by Gasteiger charge is 2.20. The van der Waals surface area contributed by atoms with Crippen molar-refractivity contribution in [1.82, 2.24) is 0 Å². The van der Waals surface area contributed by atoms with Gasteiger partial charge in [-0.3, -0.25) is 4.72 Å². The summed E-state index contributed by atoms with van der Waals surface area (Å²) >= 11 is 0. The third kappa shape index (κ3) is 6.78. The van der Waals surface area contributed by atoms with Crippen molar-refractivity contribution in [3.63, 3.8) is 0 Å². The molecule has 38 heavy (non-hydrogen) atoms. The molecule has 0 spiro atoms. The van der Waals surface area contributed by atoms with Crippen molar-refractivity contribution in [2.75, 3.05) is 33.2 Å². The minimum absolute atomic E-state index is 0.119. The van der Waals surface area contributed by atoms with Gasteiger partial charge in [-0.05, 0) is 49.2 Å². The van der Waals surface area contributed by atoms with Crippen molar-refractivity contribution in [3.8, 4) is 23.0 Å². The van der Waals surface area contributed by atoms with Gasteiger partial charge < -0.3 is 18.9 Å². The molecule has 0 radical (unpaired) electrons. The Hall–Kier alpha value is -3.70. The maximum atomic E-state index is 13.1. The van der Waals surface area contributed by atoms with E-state index < -0.39 is 19.9 Å². The molecule has 0 aliphatic heterocycles. The van der Waals surface area contributed by atoms with E-state index in [0.29, 0.717) is 33.9 Å². The summed E-state index contributed by atoms with van der Waals surface area (Å²) in [5.74, 6) is 1.11. The number of nitrogens with one attached hydrogen (secondary N) is 1. The molecule has 0 aromatic heterocycles. The van der Waals surface area contributed by atoms with E-state index >= 15 is 0 Å². The summed E-state index contributed by atoms with van der Waals surface area (Å²) < 4.78 is 75.9. The largest absolute Gasteiger partial charge is 0.496 e. The monoisotopic (exact) mass is 561 g/mol. The van der Waals surface area contributed by atoms with E-state index in [0.717, 1.165) is 11.0 Å². The number of benzene rings is 3. The second-order valence-corrected chi connectivity index (χ2v) is 12.0. The highest BCUT2D eigenvalue weighted by Crippen LogP contribution is 2.35. The van der Waals surface area contributed by atoms with Crippen LogP contribution in [0.2, 0.25) is 0 Å². The SMILES string of the molecule is COc1cc(OC)c(/C=C/S(=O)(=O)Cc2ccc(OC)c(NS(=O)(=O)c3ccc(C)cc3C)c2)c(OC)c1. The first-order chi connectivity index (χ1) is 17.9. The summed E-state index contributed by atoms with van der Waals surface area (Å²) in [6.07, 6.45) is 1.39. The molecule has 3 rings (SSSR count). The Labute approximate surface area is 224 Å². The molecule has 0 amide bonds. The number of methoxy groups -OCH3 is 4. The Balaban J connectivity index is 1.91. The zero-order valence-corrected chi connectivity index (χ0v) is 23.7. The molecule has 204 valence electrons. The molecule has 0 unspecified atom stereocenters. The van der Waals surface area contributed by atoms with E-state index in [1.807, 2.05) is 6.92 Å². The van der Waals surface area contributed by atoms with Gasteiger partial charge in [0.2, 0.25) is 0 Å². The lowest BCUT2D eigenvalue weighted by Gasteiger charge is -2.15. The van der Waals surface area contributed by atoms with E-state index in [2.05, 4.69) is 4.72 Å². The fourth-order valence-electron chi connectivity index (χ4n) is 3.87. The number of sulfone groups is 1. The van der Waals surface area contributed by atoms with E-state index in [9.17, 15) is 16.8 Å². The molecule has 11 heteroatoms. The number of sulfonamides is 1. The van der Waals surface area contributed by atoms with Crippen molar-refractivity contribution >= 4 is 31.6 Å². The van der Waals surface area contributed by atoms with Crippen LogP contribution in [-0.2, 0) is 25.6 Å². The maximum Gasteiger partial charge on any atom is 0.262 e. The summed E-state index contributed by atoms with van der Waals surface area (Å²) in [6.45, 7) is 3.58. The number of hydrogen-bond acceptors (Lipinski definition) is 8. The first kappa shape index (κ1) is 28.9. The van der Waals surface area contributed by atoms with Gasteiger partial charge >= 0.3 is 0 Å². The normalized spacial score (nSPS) is 11.8. The Morgan fingerprint density at radius 1 is 0.763 bits per heavy atom. The maximum absolute atomic E-state index is 13.1. The molecule has 0 aliphatic carbocycles. The predicted octanol–water partition coefficient (Wildman–Crippen LogP) is 4.72. The lowest BCUT2D eigenvalue weighted by atomic mass is 10.1. The number of rotatable bonds is 11. The Morgan fingerprint density at radius 2 is 1.39 bits per heavy atom. The highest BCUT2D eigenvalue weighted by atomic mass is 32.2. The average Bonchev–Trinajstić information content (AvgIpc) is 2.86. The summed E-state index contributed by atoms with van der Waals surface area (Å²) in [6, 6.07) is 12.8. The first-order valence-corrected chi connectivity index (χ1v) is 14.6. The summed E-state index contributed by atoms with van der Waals surface area (Å²) in [4.78, 5) is 0.119. The molecular weight excluding hydrogens is 530 g/mol. The van der Waals surface area contributed by atoms with Crippen LogP contribution in [0.3, 0.4) is 0 Å². The van der Waals surface area contributed by atoms with Crippen LogP contribution in [0, 0.1) is 13.8 Å². The standard InChI is InChI=1S/C27H31NO8S2/c1-18-7-10-27(19(2)13-18)38(31,32)28-23-14-20(8-9-24(23)34-4)17-37(29,30)12-11-22-25(35-5)15-21(33-3)16-26(22)36-6/h7-16,28H,17H2,1-6H3/b12-11+. The molecule has 3 aromatic carbocycles. The lowest BCUT2D eigenvalue weighted by Crippen LogP contribution is -2.15. The van der Waals surface area contributed by atoms with Crippen LogP contribution in [0.15, 0.2) is 58.8 Å². The molecule has 0 aliphatic rings. The van der Waals surface area contributed by atoms with Gasteiger partial charge in [-0.2, -0.15) is 0 Å². The Kier molecular flexibility index (Phi) is 8.95. The number of anilines is 1. The summed E-state index contributed by atoms with van der Waals surface area (Å²) in [5.41, 5.74) is 2.44. The van der Waals surface area contributed by atoms with Gasteiger partial charge in [-0.25, -0.2) is 16.8 Å². The second kappa shape index (κ2) is 11.8. The fourth-order valence-corrected chi connectivity index (χ4v) is 6.25. The highest BCUT2D eigenvalue weighted by molar-refractivity contribution is 7.93. The van der Waals surface area contributed by atoms with Gasteiger partial charge in [0.15, 0.2) is 9.84 Å². The Bertz CT molecular complexity index is 1540. The van der Waals surface area contributed by atoms with Gasteiger partial charge in [0, 0.05) is 17.5 Å². The van der Waals surface area contributed by atoms with E-state index in [1.165, 1.54) is 52.7 Å². The van der Waals surface area contributed by atoms with Gasteiger partial charge in [-0.1, -0.05) is 23.8 Å². The van der Waals surface area contributed by atoms with Crippen LogP contribution in [0.1, 0.15) is 22.3 Å². The number of ether oxygens (including phenoxy) is 4. The van der Waals surface area contributed by atoms with Crippen molar-refractivity contribution in [1.29, 1.82) is 0 Å². The predicted molar refractivity (Wildman–Crippen MR) is 147 cm³/mol. The zero-order chi connectivity index (χ0) is 28.1. The molecule has 0 heterocycles. The summed E-state index contributed by atoms with van der Waals surface area (Å²) in [5, 5.41) is 1.06. The second-order valence-electron chi connectivity index (χ2n) is 8.46. The van der Waals surface area contributed by atoms with E-state index in [4.69, 9.17) is 18.9 Å². The molecule has 0 saturated carbocycles. The van der Waals surface area contributed by atoms with Gasteiger partial charge in [-0.15, -0.1) is 0 Å². The lowest BCUT2D eigenvalue weighted by molar-refractivity contribution is 0.374. The van der Waals surface area contributed by atoms with Gasteiger partial charge in [0.25, 0.3) is 10.0 Å². The van der Waals surface area contributed by atoms with Crippen molar-refractivity contribution in [2.45, 2.75) is 24.5 Å². The van der Waals surface area contributed by atoms with Crippen LogP contribution >= 0.6 is 0 Å². The first-order valence-electron chi connectivity index (χ1n) is 11.4. The molecule has 3 aromatic rings. The molecule has 0 fully saturated rings. The molecule has 1 N–H and O–H groups in total. The third-order valence-corrected chi connectivity index (χ3v) is 8.50. The number of hydrogen-bond donors (Lipinski definition) is 1. The van der Waals surface area contributed by atoms with Crippen molar-refractivity contribution < 1.29 is 35.8 Å². The fraction of sp³-hybridized carbons (Fsp3) is 0.259. The van der Waals surface area contributed by atoms with E-state index in [-0.39, 0.29) is 22.1 Å². The van der Waals surface area contributed by atoms with Crippen LogP contribution in [-0.4, -0.2) is 45.3 Å². The molecular formula is C27H31NO8S2. The van der Waals surface area contributed by atoms with Gasteiger partial charge in [0.1, 0.15) is 23.0 Å².